The Morgan fingerprint density at radius 3 is 2.95 bits per heavy atom. The Bertz CT molecular complexity index is 512. The van der Waals surface area contributed by atoms with Crippen LogP contribution < -0.4 is 10.6 Å². The zero-order valence-corrected chi connectivity index (χ0v) is 11.5. The van der Waals surface area contributed by atoms with E-state index < -0.39 is 0 Å². The normalized spacial score (nSPS) is 26.9. The summed E-state index contributed by atoms with van der Waals surface area (Å²) in [7, 11) is 0. The van der Waals surface area contributed by atoms with Gasteiger partial charge in [-0.1, -0.05) is 0 Å². The second-order valence-electron chi connectivity index (χ2n) is 5.33. The number of carbonyl (C=O) groups excluding carboxylic acids is 2. The second-order valence-corrected chi connectivity index (χ2v) is 6.08. The molecule has 1 aliphatic carbocycles. The lowest BCUT2D eigenvalue weighted by molar-refractivity contribution is -0.130. The summed E-state index contributed by atoms with van der Waals surface area (Å²) in [5.74, 6) is 0.879. The van der Waals surface area contributed by atoms with Crippen molar-refractivity contribution < 1.29 is 9.59 Å². The van der Waals surface area contributed by atoms with Crippen molar-refractivity contribution in [3.8, 4) is 0 Å². The van der Waals surface area contributed by atoms with Crippen LogP contribution in [-0.2, 0) is 9.59 Å². The van der Waals surface area contributed by atoms with Gasteiger partial charge in [-0.2, -0.15) is 4.37 Å². The molecular weight excluding hydrogens is 264 g/mol. The third kappa shape index (κ3) is 2.91. The van der Waals surface area contributed by atoms with E-state index in [9.17, 15) is 9.59 Å². The van der Waals surface area contributed by atoms with Gasteiger partial charge in [-0.25, -0.2) is 4.98 Å². The lowest BCUT2D eigenvalue weighted by Gasteiger charge is -2.26. The van der Waals surface area contributed by atoms with Gasteiger partial charge >= 0.3 is 0 Å². The Morgan fingerprint density at radius 1 is 1.47 bits per heavy atom. The number of nitrogens with one attached hydrogen (secondary N) is 2. The monoisotopic (exact) mass is 280 g/mol. The number of amides is 2. The van der Waals surface area contributed by atoms with Gasteiger partial charge in [0, 0.05) is 35.8 Å². The van der Waals surface area contributed by atoms with Crippen LogP contribution in [0.25, 0.3) is 0 Å². The van der Waals surface area contributed by atoms with Gasteiger partial charge in [-0.15, -0.1) is 0 Å². The molecule has 1 aromatic rings. The maximum absolute atomic E-state index is 12.1. The van der Waals surface area contributed by atoms with Gasteiger partial charge < -0.3 is 10.6 Å². The Labute approximate surface area is 115 Å². The molecule has 19 heavy (non-hydrogen) atoms. The molecule has 2 amide bonds. The summed E-state index contributed by atoms with van der Waals surface area (Å²) in [5, 5.41) is 6.14. The number of carbonyl (C=O) groups is 2. The van der Waals surface area contributed by atoms with Crippen LogP contribution in [-0.4, -0.2) is 27.2 Å². The highest BCUT2D eigenvalue weighted by molar-refractivity contribution is 7.09. The molecule has 7 heteroatoms. The minimum atomic E-state index is -0.267. The Balaban J connectivity index is 1.61. The molecule has 102 valence electrons. The average molecular weight is 280 g/mol. The zero-order valence-electron chi connectivity index (χ0n) is 10.7. The summed E-state index contributed by atoms with van der Waals surface area (Å²) in [6, 6.07) is 0.0495. The third-order valence-corrected chi connectivity index (χ3v) is 4.11. The first-order valence-corrected chi connectivity index (χ1v) is 7.33. The lowest BCUT2D eigenvalue weighted by Crippen LogP contribution is -2.44. The molecule has 2 atom stereocenters. The first kappa shape index (κ1) is 12.5. The lowest BCUT2D eigenvalue weighted by atomic mass is 9.92. The minimum absolute atomic E-state index is 0.0495. The molecule has 0 unspecified atom stereocenters. The molecule has 0 aromatic carbocycles. The molecule has 1 aliphatic heterocycles. The van der Waals surface area contributed by atoms with Crippen LogP contribution >= 0.6 is 11.5 Å². The van der Waals surface area contributed by atoms with Gasteiger partial charge in [0.1, 0.15) is 5.82 Å². The summed E-state index contributed by atoms with van der Waals surface area (Å²) in [4.78, 5) is 27.8. The first-order valence-electron chi connectivity index (χ1n) is 6.55. The van der Waals surface area contributed by atoms with E-state index in [-0.39, 0.29) is 30.2 Å². The highest BCUT2D eigenvalue weighted by atomic mass is 32.1. The van der Waals surface area contributed by atoms with Crippen LogP contribution in [0.15, 0.2) is 0 Å². The first-order chi connectivity index (χ1) is 9.11. The number of anilines is 1. The van der Waals surface area contributed by atoms with E-state index in [2.05, 4.69) is 20.0 Å². The van der Waals surface area contributed by atoms with Crippen molar-refractivity contribution in [3.63, 3.8) is 0 Å². The van der Waals surface area contributed by atoms with Crippen molar-refractivity contribution in [2.75, 3.05) is 5.32 Å². The second kappa shape index (κ2) is 4.88. The molecule has 2 fully saturated rings. The largest absolute Gasteiger partial charge is 0.354 e. The van der Waals surface area contributed by atoms with Crippen LogP contribution in [0.1, 0.15) is 44.3 Å². The Hall–Kier alpha value is -1.50. The molecule has 2 heterocycles. The van der Waals surface area contributed by atoms with Gasteiger partial charge in [-0.3, -0.25) is 9.59 Å². The summed E-state index contributed by atoms with van der Waals surface area (Å²) in [6.45, 7) is 1.91. The molecule has 1 saturated heterocycles. The third-order valence-electron chi connectivity index (χ3n) is 3.46. The molecule has 2 N–H and O–H groups in total. The average Bonchev–Trinajstić information content (AvgIpc) is 3.09. The smallest absolute Gasteiger partial charge is 0.229 e. The van der Waals surface area contributed by atoms with Crippen molar-refractivity contribution in [2.45, 2.75) is 44.6 Å². The van der Waals surface area contributed by atoms with Gasteiger partial charge in [0.05, 0.1) is 0 Å². The molecule has 1 aromatic heterocycles. The molecule has 0 bridgehead atoms. The van der Waals surface area contributed by atoms with Crippen molar-refractivity contribution in [1.29, 1.82) is 0 Å². The van der Waals surface area contributed by atoms with Gasteiger partial charge in [0.25, 0.3) is 0 Å². The fourth-order valence-electron chi connectivity index (χ4n) is 2.33. The van der Waals surface area contributed by atoms with Crippen LogP contribution in [0.4, 0.5) is 5.13 Å². The van der Waals surface area contributed by atoms with Crippen molar-refractivity contribution in [2.24, 2.45) is 5.92 Å². The minimum Gasteiger partial charge on any atom is -0.354 e. The molecule has 2 aliphatic rings. The number of rotatable bonds is 3. The standard InChI is InChI=1S/C12H16N4O2S/c1-6-4-8(5-9(17)13-6)11(18)15-12-14-10(16-19-12)7-2-3-7/h6-8H,2-5H2,1H3,(H,13,17)(H,14,15,16,18)/t6-,8+/m1/s1. The van der Waals surface area contributed by atoms with Crippen molar-refractivity contribution in [3.05, 3.63) is 5.82 Å². The predicted octanol–water partition coefficient (Wildman–Crippen LogP) is 1.27. The van der Waals surface area contributed by atoms with E-state index in [0.717, 1.165) is 18.7 Å². The molecule has 0 radical (unpaired) electrons. The van der Waals surface area contributed by atoms with Crippen molar-refractivity contribution in [1.82, 2.24) is 14.7 Å². The zero-order chi connectivity index (χ0) is 13.4. The van der Waals surface area contributed by atoms with E-state index in [4.69, 9.17) is 0 Å². The molecule has 0 spiro atoms. The summed E-state index contributed by atoms with van der Waals surface area (Å²) in [6.07, 6.45) is 3.21. The number of hydrogen-bond donors (Lipinski definition) is 2. The van der Waals surface area contributed by atoms with Gasteiger partial charge in [0.2, 0.25) is 16.9 Å². The van der Waals surface area contributed by atoms with Gasteiger partial charge in [0.15, 0.2) is 0 Å². The van der Waals surface area contributed by atoms with E-state index in [1.165, 1.54) is 11.5 Å². The molecule has 3 rings (SSSR count). The number of aromatic nitrogens is 2. The predicted molar refractivity (Wildman–Crippen MR) is 70.8 cm³/mol. The van der Waals surface area contributed by atoms with Crippen molar-refractivity contribution >= 4 is 28.5 Å². The molecule has 6 nitrogen and oxygen atoms in total. The number of nitrogens with zero attached hydrogens (tertiary/aromatic N) is 2. The summed E-state index contributed by atoms with van der Waals surface area (Å²) < 4.78 is 4.24. The van der Waals surface area contributed by atoms with Crippen LogP contribution in [0, 0.1) is 5.92 Å². The quantitative estimate of drug-likeness (QED) is 0.873. The van der Waals surface area contributed by atoms with E-state index in [1.807, 2.05) is 6.92 Å². The van der Waals surface area contributed by atoms with Crippen LogP contribution in [0.3, 0.4) is 0 Å². The SMILES string of the molecule is C[C@@H]1C[C@H](C(=O)Nc2nc(C3CC3)ns2)CC(=O)N1. The number of hydrogen-bond acceptors (Lipinski definition) is 5. The highest BCUT2D eigenvalue weighted by Gasteiger charge is 2.31. The van der Waals surface area contributed by atoms with Gasteiger partial charge in [-0.05, 0) is 26.2 Å². The maximum atomic E-state index is 12.1. The fraction of sp³-hybridized carbons (Fsp3) is 0.667. The number of piperidine rings is 1. The molecule has 1 saturated carbocycles. The maximum Gasteiger partial charge on any atom is 0.229 e. The fourth-order valence-corrected chi connectivity index (χ4v) is 2.98. The van der Waals surface area contributed by atoms with E-state index >= 15 is 0 Å². The van der Waals surface area contributed by atoms with E-state index in [0.29, 0.717) is 17.5 Å². The van der Waals surface area contributed by atoms with E-state index in [1.54, 1.807) is 0 Å². The molecular formula is C12H16N4O2S. The summed E-state index contributed by atoms with van der Waals surface area (Å²) >= 11 is 1.22. The van der Waals surface area contributed by atoms with Crippen LogP contribution in [0.5, 0.6) is 0 Å². The highest BCUT2D eigenvalue weighted by Crippen LogP contribution is 2.39. The van der Waals surface area contributed by atoms with Crippen LogP contribution in [0.2, 0.25) is 0 Å². The Kier molecular flexibility index (Phi) is 3.22. The summed E-state index contributed by atoms with van der Waals surface area (Å²) in [5.41, 5.74) is 0. The Morgan fingerprint density at radius 2 is 2.26 bits per heavy atom. The topological polar surface area (TPSA) is 84.0 Å².